The second-order valence-corrected chi connectivity index (χ2v) is 6.20. The SMILES string of the molecule is CC(C)CCc1cccc2oc(-c3ccccc3)c(O)c(=O)c12. The van der Waals surface area contributed by atoms with Crippen molar-refractivity contribution in [2.45, 2.75) is 26.7 Å². The van der Waals surface area contributed by atoms with Crippen molar-refractivity contribution in [1.82, 2.24) is 0 Å². The molecule has 1 aromatic heterocycles. The molecule has 0 radical (unpaired) electrons. The quantitative estimate of drug-likeness (QED) is 0.756. The van der Waals surface area contributed by atoms with E-state index < -0.39 is 0 Å². The molecular weight excluding hydrogens is 288 g/mol. The molecule has 2 aromatic carbocycles. The molecule has 23 heavy (non-hydrogen) atoms. The molecule has 0 saturated carbocycles. The highest BCUT2D eigenvalue weighted by Gasteiger charge is 2.17. The first-order chi connectivity index (χ1) is 11.1. The van der Waals surface area contributed by atoms with Gasteiger partial charge in [0.05, 0.1) is 5.39 Å². The summed E-state index contributed by atoms with van der Waals surface area (Å²) in [5.41, 5.74) is 1.79. The number of hydrogen-bond donors (Lipinski definition) is 1. The van der Waals surface area contributed by atoms with Crippen LogP contribution in [0.4, 0.5) is 0 Å². The van der Waals surface area contributed by atoms with Gasteiger partial charge in [-0.05, 0) is 30.4 Å². The van der Waals surface area contributed by atoms with Crippen molar-refractivity contribution in [1.29, 1.82) is 0 Å². The summed E-state index contributed by atoms with van der Waals surface area (Å²) < 4.78 is 5.86. The van der Waals surface area contributed by atoms with Crippen LogP contribution in [0.15, 0.2) is 57.7 Å². The third-order valence-corrected chi connectivity index (χ3v) is 4.01. The average molecular weight is 308 g/mol. The fourth-order valence-corrected chi connectivity index (χ4v) is 2.74. The zero-order valence-corrected chi connectivity index (χ0v) is 13.4. The summed E-state index contributed by atoms with van der Waals surface area (Å²) in [6.07, 6.45) is 1.78. The first-order valence-electron chi connectivity index (χ1n) is 7.91. The molecule has 0 bridgehead atoms. The Morgan fingerprint density at radius 2 is 1.78 bits per heavy atom. The molecule has 0 aliphatic heterocycles. The number of fused-ring (bicyclic) bond motifs is 1. The first kappa shape index (κ1) is 15.3. The molecule has 0 atom stereocenters. The highest BCUT2D eigenvalue weighted by molar-refractivity contribution is 5.84. The van der Waals surface area contributed by atoms with Crippen LogP contribution in [0.25, 0.3) is 22.3 Å². The minimum absolute atomic E-state index is 0.226. The van der Waals surface area contributed by atoms with Crippen LogP contribution in [-0.2, 0) is 6.42 Å². The van der Waals surface area contributed by atoms with E-state index in [2.05, 4.69) is 13.8 Å². The predicted molar refractivity (Wildman–Crippen MR) is 92.7 cm³/mol. The lowest BCUT2D eigenvalue weighted by Crippen LogP contribution is -2.06. The number of hydrogen-bond acceptors (Lipinski definition) is 3. The fraction of sp³-hybridized carbons (Fsp3) is 0.250. The molecule has 0 saturated heterocycles. The molecule has 1 N–H and O–H groups in total. The van der Waals surface area contributed by atoms with Crippen LogP contribution in [0.2, 0.25) is 0 Å². The van der Waals surface area contributed by atoms with Gasteiger partial charge in [-0.3, -0.25) is 4.79 Å². The van der Waals surface area contributed by atoms with Crippen molar-refractivity contribution in [3.8, 4) is 17.1 Å². The van der Waals surface area contributed by atoms with Gasteiger partial charge in [-0.25, -0.2) is 0 Å². The number of benzene rings is 2. The molecule has 0 aliphatic rings. The number of aryl methyl sites for hydroxylation is 1. The minimum atomic E-state index is -0.357. The van der Waals surface area contributed by atoms with Gasteiger partial charge >= 0.3 is 0 Å². The van der Waals surface area contributed by atoms with Crippen molar-refractivity contribution in [3.05, 3.63) is 64.3 Å². The summed E-state index contributed by atoms with van der Waals surface area (Å²) in [5.74, 6) is 0.458. The maximum absolute atomic E-state index is 12.7. The fourth-order valence-electron chi connectivity index (χ4n) is 2.74. The van der Waals surface area contributed by atoms with Crippen molar-refractivity contribution < 1.29 is 9.52 Å². The standard InChI is InChI=1S/C20H20O3/c1-13(2)11-12-14-9-6-10-16-17(14)18(21)19(22)20(23-16)15-7-4-3-5-8-15/h3-10,13,22H,11-12H2,1-2H3. The van der Waals surface area contributed by atoms with Crippen LogP contribution >= 0.6 is 0 Å². The lowest BCUT2D eigenvalue weighted by Gasteiger charge is -2.10. The topological polar surface area (TPSA) is 50.4 Å². The third kappa shape index (κ3) is 3.00. The van der Waals surface area contributed by atoms with Crippen LogP contribution < -0.4 is 5.43 Å². The summed E-state index contributed by atoms with van der Waals surface area (Å²) in [7, 11) is 0. The van der Waals surface area contributed by atoms with Crippen molar-refractivity contribution in [3.63, 3.8) is 0 Å². The molecule has 0 unspecified atom stereocenters. The highest BCUT2D eigenvalue weighted by atomic mass is 16.4. The van der Waals surface area contributed by atoms with Crippen LogP contribution in [0.3, 0.4) is 0 Å². The van der Waals surface area contributed by atoms with E-state index >= 15 is 0 Å². The Morgan fingerprint density at radius 1 is 1.04 bits per heavy atom. The van der Waals surface area contributed by atoms with Crippen LogP contribution in [0.1, 0.15) is 25.8 Å². The van der Waals surface area contributed by atoms with E-state index in [9.17, 15) is 9.90 Å². The maximum Gasteiger partial charge on any atom is 0.235 e. The van der Waals surface area contributed by atoms with Gasteiger partial charge in [-0.1, -0.05) is 56.3 Å². The van der Waals surface area contributed by atoms with E-state index in [1.165, 1.54) is 0 Å². The highest BCUT2D eigenvalue weighted by Crippen LogP contribution is 2.31. The molecule has 0 fully saturated rings. The normalized spacial score (nSPS) is 11.3. The largest absolute Gasteiger partial charge is 0.502 e. The van der Waals surface area contributed by atoms with Gasteiger partial charge < -0.3 is 9.52 Å². The van der Waals surface area contributed by atoms with E-state index in [-0.39, 0.29) is 16.9 Å². The van der Waals surface area contributed by atoms with Crippen molar-refractivity contribution >= 4 is 11.0 Å². The van der Waals surface area contributed by atoms with Crippen LogP contribution in [0.5, 0.6) is 5.75 Å². The Kier molecular flexibility index (Phi) is 4.20. The molecule has 1 heterocycles. The van der Waals surface area contributed by atoms with Gasteiger partial charge in [0.1, 0.15) is 5.58 Å². The molecule has 0 amide bonds. The van der Waals surface area contributed by atoms with E-state index in [0.717, 1.165) is 18.4 Å². The van der Waals surface area contributed by atoms with Gasteiger partial charge in [0.15, 0.2) is 5.76 Å². The van der Waals surface area contributed by atoms with Crippen LogP contribution in [0, 0.1) is 5.92 Å². The monoisotopic (exact) mass is 308 g/mol. The molecule has 3 aromatic rings. The predicted octanol–water partition coefficient (Wildman–Crippen LogP) is 4.75. The Bertz CT molecular complexity index is 877. The summed E-state index contributed by atoms with van der Waals surface area (Å²) in [6, 6.07) is 14.8. The summed E-state index contributed by atoms with van der Waals surface area (Å²) in [4.78, 5) is 12.7. The molecule has 118 valence electrons. The van der Waals surface area contributed by atoms with Crippen molar-refractivity contribution in [2.24, 2.45) is 5.92 Å². The van der Waals surface area contributed by atoms with Crippen LogP contribution in [-0.4, -0.2) is 5.11 Å². The van der Waals surface area contributed by atoms with Crippen molar-refractivity contribution in [2.75, 3.05) is 0 Å². The lowest BCUT2D eigenvalue weighted by molar-refractivity contribution is 0.449. The molecule has 0 aliphatic carbocycles. The van der Waals surface area contributed by atoms with Gasteiger partial charge in [0, 0.05) is 5.56 Å². The second kappa shape index (κ2) is 6.29. The van der Waals surface area contributed by atoms with E-state index in [1.54, 1.807) is 6.07 Å². The zero-order valence-electron chi connectivity index (χ0n) is 13.4. The molecule has 3 rings (SSSR count). The first-order valence-corrected chi connectivity index (χ1v) is 7.91. The van der Waals surface area contributed by atoms with Gasteiger partial charge in [0.25, 0.3) is 0 Å². The third-order valence-electron chi connectivity index (χ3n) is 4.01. The molecule has 0 spiro atoms. The minimum Gasteiger partial charge on any atom is -0.502 e. The lowest BCUT2D eigenvalue weighted by atomic mass is 9.99. The van der Waals surface area contributed by atoms with E-state index in [0.29, 0.717) is 22.5 Å². The summed E-state index contributed by atoms with van der Waals surface area (Å²) in [5, 5.41) is 10.8. The summed E-state index contributed by atoms with van der Waals surface area (Å²) in [6.45, 7) is 4.30. The number of rotatable bonds is 4. The molecule has 3 heteroatoms. The Hall–Kier alpha value is -2.55. The average Bonchev–Trinajstić information content (AvgIpc) is 2.56. The summed E-state index contributed by atoms with van der Waals surface area (Å²) >= 11 is 0. The Labute approximate surface area is 135 Å². The van der Waals surface area contributed by atoms with Gasteiger partial charge in [-0.2, -0.15) is 0 Å². The zero-order chi connectivity index (χ0) is 16.4. The van der Waals surface area contributed by atoms with Gasteiger partial charge in [0.2, 0.25) is 11.2 Å². The number of aromatic hydroxyl groups is 1. The van der Waals surface area contributed by atoms with E-state index in [4.69, 9.17) is 4.42 Å². The Balaban J connectivity index is 2.19. The molecule has 3 nitrogen and oxygen atoms in total. The van der Waals surface area contributed by atoms with E-state index in [1.807, 2.05) is 42.5 Å². The van der Waals surface area contributed by atoms with Gasteiger partial charge in [-0.15, -0.1) is 0 Å². The molecular formula is C20H20O3. The second-order valence-electron chi connectivity index (χ2n) is 6.20. The maximum atomic E-state index is 12.7. The Morgan fingerprint density at radius 3 is 2.48 bits per heavy atom. The smallest absolute Gasteiger partial charge is 0.235 e.